The van der Waals surface area contributed by atoms with Crippen molar-refractivity contribution in [3.8, 4) is 0 Å². The highest BCUT2D eigenvalue weighted by molar-refractivity contribution is 7.93. The van der Waals surface area contributed by atoms with Crippen molar-refractivity contribution in [3.63, 3.8) is 0 Å². The second kappa shape index (κ2) is 6.45. The zero-order valence-electron chi connectivity index (χ0n) is 17.0. The second-order valence-corrected chi connectivity index (χ2v) is 12.4. The molecule has 160 valence electrons. The molecular weight excluding hydrogens is 422 g/mol. The van der Waals surface area contributed by atoms with Crippen LogP contribution in [0.3, 0.4) is 0 Å². The fraction of sp³-hybridized carbons (Fsp3) is 0.429. The molecule has 2 aromatic rings. The van der Waals surface area contributed by atoms with Gasteiger partial charge in [-0.2, -0.15) is 0 Å². The maximum atomic E-state index is 13.7. The van der Waals surface area contributed by atoms with Crippen LogP contribution in [-0.4, -0.2) is 53.4 Å². The lowest BCUT2D eigenvalue weighted by Crippen LogP contribution is -2.53. The first-order valence-electron chi connectivity index (χ1n) is 10.1. The Balaban J connectivity index is 1.58. The lowest BCUT2D eigenvalue weighted by Gasteiger charge is -2.46. The van der Waals surface area contributed by atoms with Crippen molar-refractivity contribution in [2.45, 2.75) is 47.1 Å². The molecule has 0 radical (unpaired) electrons. The molecule has 1 saturated carbocycles. The predicted molar refractivity (Wildman–Crippen MR) is 116 cm³/mol. The second-order valence-electron chi connectivity index (χ2n) is 8.48. The van der Waals surface area contributed by atoms with Gasteiger partial charge in [-0.05, 0) is 62.1 Å². The number of para-hydroxylation sites is 2. The largest absolute Gasteiger partial charge is 0.362 e. The van der Waals surface area contributed by atoms with Crippen LogP contribution in [0, 0.1) is 0 Å². The van der Waals surface area contributed by atoms with Gasteiger partial charge in [0.2, 0.25) is 10.0 Å². The van der Waals surface area contributed by atoms with Crippen LogP contribution in [0.25, 0.3) is 0 Å². The Morgan fingerprint density at radius 2 is 1.53 bits per heavy atom. The summed E-state index contributed by atoms with van der Waals surface area (Å²) in [6.07, 6.45) is 4.06. The van der Waals surface area contributed by atoms with Gasteiger partial charge < -0.3 is 4.90 Å². The van der Waals surface area contributed by atoms with Gasteiger partial charge in [0, 0.05) is 20.6 Å². The molecule has 1 saturated heterocycles. The number of nitrogens with zero attached hydrogens (tertiary/aromatic N) is 3. The van der Waals surface area contributed by atoms with Gasteiger partial charge in [-0.15, -0.1) is 0 Å². The molecule has 2 atom stereocenters. The summed E-state index contributed by atoms with van der Waals surface area (Å²) in [6.45, 7) is 0.957. The van der Waals surface area contributed by atoms with E-state index in [1.54, 1.807) is 4.31 Å². The van der Waals surface area contributed by atoms with Gasteiger partial charge in [-0.3, -0.25) is 4.31 Å². The minimum atomic E-state index is -3.82. The minimum absolute atomic E-state index is 0.0758. The molecular formula is C21H25N3O4S2. The number of benzene rings is 2. The fourth-order valence-electron chi connectivity index (χ4n) is 5.01. The summed E-state index contributed by atoms with van der Waals surface area (Å²) in [5.41, 5.74) is 1.58. The van der Waals surface area contributed by atoms with Gasteiger partial charge in [-0.25, -0.2) is 21.1 Å². The van der Waals surface area contributed by atoms with Gasteiger partial charge in [0.05, 0.1) is 32.7 Å². The molecule has 0 N–H and O–H groups in total. The van der Waals surface area contributed by atoms with Gasteiger partial charge in [0.1, 0.15) is 0 Å². The Kier molecular flexibility index (Phi) is 4.26. The average Bonchev–Trinajstić information content (AvgIpc) is 3.44. The van der Waals surface area contributed by atoms with Crippen molar-refractivity contribution >= 4 is 31.4 Å². The summed E-state index contributed by atoms with van der Waals surface area (Å²) in [7, 11) is -4.53. The van der Waals surface area contributed by atoms with Crippen LogP contribution < -0.4 is 9.21 Å². The normalized spacial score (nSPS) is 25.5. The number of rotatable bonds is 4. The molecule has 2 aromatic carbocycles. The van der Waals surface area contributed by atoms with Gasteiger partial charge in [-0.1, -0.05) is 12.1 Å². The summed E-state index contributed by atoms with van der Waals surface area (Å²) >= 11 is 0. The van der Waals surface area contributed by atoms with E-state index in [9.17, 15) is 16.8 Å². The van der Waals surface area contributed by atoms with Crippen molar-refractivity contribution < 1.29 is 16.8 Å². The van der Waals surface area contributed by atoms with Crippen LogP contribution >= 0.6 is 0 Å². The maximum absolute atomic E-state index is 13.7. The number of hydrogen-bond acceptors (Lipinski definition) is 5. The summed E-state index contributed by atoms with van der Waals surface area (Å²) in [5, 5.41) is 0. The Labute approximate surface area is 178 Å². The first kappa shape index (κ1) is 19.8. The predicted octanol–water partition coefficient (Wildman–Crippen LogP) is 2.65. The standard InChI is InChI=1S/C21H25N3O4S2/c1-22(2)29(25,26)16-9-11-17(12-10-16)30(27,28)24-19-8-4-3-7-18(19)23-14-6-5-13-21(23)15-20(21)24/h3-4,7-12,20H,5-6,13-15H2,1-2H3. The highest BCUT2D eigenvalue weighted by Crippen LogP contribution is 2.60. The molecule has 3 aliphatic rings. The van der Waals surface area contributed by atoms with E-state index in [0.29, 0.717) is 5.69 Å². The average molecular weight is 448 g/mol. The Morgan fingerprint density at radius 3 is 2.20 bits per heavy atom. The molecule has 9 heteroatoms. The molecule has 2 unspecified atom stereocenters. The third-order valence-electron chi connectivity index (χ3n) is 6.64. The first-order valence-corrected chi connectivity index (χ1v) is 13.0. The zero-order chi connectivity index (χ0) is 21.3. The summed E-state index contributed by atoms with van der Waals surface area (Å²) in [4.78, 5) is 2.60. The number of anilines is 2. The van der Waals surface area contributed by atoms with Crippen LogP contribution in [0.1, 0.15) is 25.7 Å². The molecule has 2 heterocycles. The molecule has 0 bridgehead atoms. The van der Waals surface area contributed by atoms with E-state index in [0.717, 1.165) is 42.2 Å². The van der Waals surface area contributed by atoms with Crippen LogP contribution in [-0.2, 0) is 20.0 Å². The van der Waals surface area contributed by atoms with Crippen LogP contribution in [0.5, 0.6) is 0 Å². The molecule has 5 rings (SSSR count). The van der Waals surface area contributed by atoms with Gasteiger partial charge >= 0.3 is 0 Å². The van der Waals surface area contributed by atoms with Crippen LogP contribution in [0.2, 0.25) is 0 Å². The molecule has 1 spiro atoms. The number of hydrogen-bond donors (Lipinski definition) is 0. The highest BCUT2D eigenvalue weighted by Gasteiger charge is 2.66. The van der Waals surface area contributed by atoms with E-state index >= 15 is 0 Å². The quantitative estimate of drug-likeness (QED) is 0.720. The number of sulfonamides is 2. The molecule has 2 aliphatic heterocycles. The monoisotopic (exact) mass is 447 g/mol. The van der Waals surface area contributed by atoms with E-state index in [4.69, 9.17) is 0 Å². The van der Waals surface area contributed by atoms with E-state index in [1.165, 1.54) is 38.4 Å². The Hall–Kier alpha value is -2.10. The highest BCUT2D eigenvalue weighted by atomic mass is 32.2. The SMILES string of the molecule is CN(C)S(=O)(=O)c1ccc(S(=O)(=O)N2c3ccccc3N3CCCCC34CC24)cc1. The Bertz CT molecular complexity index is 1210. The van der Waals surface area contributed by atoms with Crippen molar-refractivity contribution in [2.24, 2.45) is 0 Å². The van der Waals surface area contributed by atoms with Crippen LogP contribution in [0.4, 0.5) is 11.4 Å². The first-order chi connectivity index (χ1) is 14.2. The molecule has 7 nitrogen and oxygen atoms in total. The minimum Gasteiger partial charge on any atom is -0.362 e. The van der Waals surface area contributed by atoms with E-state index in [-0.39, 0.29) is 21.4 Å². The lowest BCUT2D eigenvalue weighted by molar-refractivity contribution is 0.427. The van der Waals surface area contributed by atoms with Gasteiger partial charge in [0.15, 0.2) is 0 Å². The van der Waals surface area contributed by atoms with E-state index in [1.807, 2.05) is 24.3 Å². The molecule has 30 heavy (non-hydrogen) atoms. The third kappa shape index (κ3) is 2.65. The molecule has 0 aromatic heterocycles. The maximum Gasteiger partial charge on any atom is 0.264 e. The van der Waals surface area contributed by atoms with Crippen molar-refractivity contribution in [2.75, 3.05) is 29.8 Å². The van der Waals surface area contributed by atoms with Crippen molar-refractivity contribution in [1.82, 2.24) is 4.31 Å². The van der Waals surface area contributed by atoms with Gasteiger partial charge in [0.25, 0.3) is 10.0 Å². The molecule has 1 aliphatic carbocycles. The Morgan fingerprint density at radius 1 is 0.900 bits per heavy atom. The van der Waals surface area contributed by atoms with E-state index < -0.39 is 20.0 Å². The third-order valence-corrected chi connectivity index (χ3v) is 10.3. The van der Waals surface area contributed by atoms with E-state index in [2.05, 4.69) is 4.90 Å². The topological polar surface area (TPSA) is 78.0 Å². The van der Waals surface area contributed by atoms with Crippen molar-refractivity contribution in [3.05, 3.63) is 48.5 Å². The summed E-state index contributed by atoms with van der Waals surface area (Å²) in [5.74, 6) is 0. The fourth-order valence-corrected chi connectivity index (χ4v) is 7.63. The van der Waals surface area contributed by atoms with Crippen LogP contribution in [0.15, 0.2) is 58.3 Å². The van der Waals surface area contributed by atoms with Crippen molar-refractivity contribution in [1.29, 1.82) is 0 Å². The number of piperidine rings is 1. The summed E-state index contributed by atoms with van der Waals surface area (Å²) < 4.78 is 54.8. The molecule has 2 fully saturated rings. The molecule has 0 amide bonds. The zero-order valence-corrected chi connectivity index (χ0v) is 18.7. The summed E-state index contributed by atoms with van der Waals surface area (Å²) in [6, 6.07) is 13.2. The smallest absolute Gasteiger partial charge is 0.264 e. The lowest BCUT2D eigenvalue weighted by atomic mass is 9.96. The number of fused-ring (bicyclic) bond motifs is 2.